The molecule has 2 aromatic rings. The highest BCUT2D eigenvalue weighted by Gasteiger charge is 2.21. The minimum atomic E-state index is 0.00949. The smallest absolute Gasteiger partial charge is 0.252 e. The van der Waals surface area contributed by atoms with E-state index in [1.807, 2.05) is 30.3 Å². The van der Waals surface area contributed by atoms with Crippen LogP contribution in [0.25, 0.3) is 10.9 Å². The lowest BCUT2D eigenvalue weighted by Crippen LogP contribution is -2.36. The van der Waals surface area contributed by atoms with Crippen LogP contribution in [0.1, 0.15) is 63.7 Å². The van der Waals surface area contributed by atoms with Crippen LogP contribution in [-0.2, 0) is 0 Å². The summed E-state index contributed by atoms with van der Waals surface area (Å²) in [5.41, 5.74) is 1.64. The lowest BCUT2D eigenvalue weighted by molar-refractivity contribution is 0.0939. The molecule has 2 atom stereocenters. The van der Waals surface area contributed by atoms with E-state index in [0.717, 1.165) is 67.8 Å². The van der Waals surface area contributed by atoms with Gasteiger partial charge < -0.3 is 15.1 Å². The van der Waals surface area contributed by atoms with Crippen LogP contribution in [0.3, 0.4) is 0 Å². The van der Waals surface area contributed by atoms with Gasteiger partial charge in [-0.1, -0.05) is 39.0 Å². The molecule has 0 aliphatic carbocycles. The van der Waals surface area contributed by atoms with Gasteiger partial charge in [-0.25, -0.2) is 4.98 Å². The van der Waals surface area contributed by atoms with Crippen molar-refractivity contribution in [1.29, 1.82) is 0 Å². The van der Waals surface area contributed by atoms with Gasteiger partial charge >= 0.3 is 0 Å². The van der Waals surface area contributed by atoms with Gasteiger partial charge in [0, 0.05) is 24.5 Å². The first-order valence-electron chi connectivity index (χ1n) is 11.7. The second kappa shape index (κ2) is 10.8. The Kier molecular flexibility index (Phi) is 8.08. The van der Waals surface area contributed by atoms with E-state index in [1.54, 1.807) is 0 Å². The third-order valence-corrected chi connectivity index (χ3v) is 6.31. The molecule has 0 unspecified atom stereocenters. The Bertz CT molecular complexity index is 833. The number of para-hydroxylation sites is 1. The summed E-state index contributed by atoms with van der Waals surface area (Å²) in [5.74, 6) is 1.60. The number of pyridine rings is 1. The van der Waals surface area contributed by atoms with E-state index < -0.39 is 0 Å². The zero-order valence-electron chi connectivity index (χ0n) is 19.2. The number of hydrogen-bond acceptors (Lipinski definition) is 4. The normalized spacial score (nSPS) is 18.0. The lowest BCUT2D eigenvalue weighted by Gasteiger charge is -2.32. The first-order chi connectivity index (χ1) is 14.5. The van der Waals surface area contributed by atoms with E-state index in [9.17, 15) is 4.79 Å². The molecule has 0 spiro atoms. The van der Waals surface area contributed by atoms with Crippen LogP contribution < -0.4 is 10.2 Å². The van der Waals surface area contributed by atoms with Crippen LogP contribution >= 0.6 is 0 Å². The van der Waals surface area contributed by atoms with E-state index in [2.05, 4.69) is 42.8 Å². The van der Waals surface area contributed by atoms with Crippen molar-refractivity contribution in [1.82, 2.24) is 15.2 Å². The van der Waals surface area contributed by atoms with Crippen LogP contribution in [0, 0.1) is 5.92 Å². The van der Waals surface area contributed by atoms with Gasteiger partial charge in [-0.15, -0.1) is 0 Å². The maximum Gasteiger partial charge on any atom is 0.252 e. The number of benzene rings is 1. The minimum Gasteiger partial charge on any atom is -0.356 e. The Morgan fingerprint density at radius 2 is 2.07 bits per heavy atom. The van der Waals surface area contributed by atoms with Gasteiger partial charge in [0.1, 0.15) is 5.82 Å². The Hall–Kier alpha value is -2.14. The number of carbonyl (C=O) groups is 1. The number of nitrogens with zero attached hydrogens (tertiary/aromatic N) is 3. The molecule has 0 bridgehead atoms. The maximum absolute atomic E-state index is 13.2. The van der Waals surface area contributed by atoms with Crippen LogP contribution in [0.4, 0.5) is 5.82 Å². The van der Waals surface area contributed by atoms with E-state index in [1.165, 1.54) is 12.8 Å². The fourth-order valence-electron chi connectivity index (χ4n) is 4.44. The molecular weight excluding hydrogens is 372 g/mol. The first kappa shape index (κ1) is 22.5. The number of carbonyl (C=O) groups excluding carboxylic acids is 1. The summed E-state index contributed by atoms with van der Waals surface area (Å²) in [6, 6.07) is 10.1. The summed E-state index contributed by atoms with van der Waals surface area (Å²) in [6.07, 6.45) is 4.53. The van der Waals surface area contributed by atoms with Crippen molar-refractivity contribution in [3.8, 4) is 0 Å². The van der Waals surface area contributed by atoms with Crippen LogP contribution in [0.5, 0.6) is 0 Å². The zero-order chi connectivity index (χ0) is 21.5. The molecule has 5 nitrogen and oxygen atoms in total. The fraction of sp³-hybridized carbons (Fsp3) is 0.600. The first-order valence-corrected chi connectivity index (χ1v) is 11.7. The number of nitrogens with one attached hydrogen (secondary N) is 1. The summed E-state index contributed by atoms with van der Waals surface area (Å²) in [6.45, 7) is 14.1. The average Bonchev–Trinajstić information content (AvgIpc) is 2.76. The van der Waals surface area contributed by atoms with Crippen molar-refractivity contribution in [3.05, 3.63) is 35.9 Å². The summed E-state index contributed by atoms with van der Waals surface area (Å²) < 4.78 is 0. The molecule has 30 heavy (non-hydrogen) atoms. The number of amides is 1. The van der Waals surface area contributed by atoms with Gasteiger partial charge in [-0.2, -0.15) is 0 Å². The number of aromatic nitrogens is 1. The molecule has 1 amide bonds. The van der Waals surface area contributed by atoms with Gasteiger partial charge in [-0.05, 0) is 70.3 Å². The third kappa shape index (κ3) is 5.72. The molecule has 1 N–H and O–H groups in total. The van der Waals surface area contributed by atoms with Crippen LogP contribution in [-0.4, -0.2) is 54.6 Å². The molecule has 164 valence electrons. The fourth-order valence-corrected chi connectivity index (χ4v) is 4.44. The van der Waals surface area contributed by atoms with Gasteiger partial charge in [-0.3, -0.25) is 4.79 Å². The van der Waals surface area contributed by atoms with Crippen molar-refractivity contribution in [2.24, 2.45) is 5.92 Å². The number of rotatable bonds is 9. The van der Waals surface area contributed by atoms with Crippen molar-refractivity contribution < 1.29 is 4.79 Å². The van der Waals surface area contributed by atoms with E-state index >= 15 is 0 Å². The van der Waals surface area contributed by atoms with Gasteiger partial charge in [0.25, 0.3) is 5.91 Å². The molecule has 1 aliphatic heterocycles. The second-order valence-electron chi connectivity index (χ2n) is 8.78. The van der Waals surface area contributed by atoms with E-state index in [-0.39, 0.29) is 11.9 Å². The Morgan fingerprint density at radius 3 is 2.80 bits per heavy atom. The van der Waals surface area contributed by atoms with Crippen LogP contribution in [0.2, 0.25) is 0 Å². The second-order valence-corrected chi connectivity index (χ2v) is 8.78. The highest BCUT2D eigenvalue weighted by Crippen LogP contribution is 2.26. The summed E-state index contributed by atoms with van der Waals surface area (Å²) in [7, 11) is 0. The maximum atomic E-state index is 13.2. The number of hydrogen-bond donors (Lipinski definition) is 1. The topological polar surface area (TPSA) is 48.5 Å². The van der Waals surface area contributed by atoms with E-state index in [4.69, 9.17) is 4.98 Å². The van der Waals surface area contributed by atoms with Crippen LogP contribution in [0.15, 0.2) is 30.3 Å². The van der Waals surface area contributed by atoms with Gasteiger partial charge in [0.05, 0.1) is 11.1 Å². The predicted molar refractivity (Wildman–Crippen MR) is 126 cm³/mol. The lowest BCUT2D eigenvalue weighted by atomic mass is 10.00. The molecule has 1 fully saturated rings. The number of fused-ring (bicyclic) bond motifs is 1. The molecule has 2 heterocycles. The molecule has 1 aliphatic rings. The van der Waals surface area contributed by atoms with E-state index in [0.29, 0.717) is 5.92 Å². The van der Waals surface area contributed by atoms with Gasteiger partial charge in [0.2, 0.25) is 0 Å². The molecule has 3 rings (SSSR count). The van der Waals surface area contributed by atoms with Gasteiger partial charge in [0.15, 0.2) is 0 Å². The predicted octanol–water partition coefficient (Wildman–Crippen LogP) is 4.71. The van der Waals surface area contributed by atoms with Crippen molar-refractivity contribution >= 4 is 22.6 Å². The highest BCUT2D eigenvalue weighted by molar-refractivity contribution is 6.07. The SMILES string of the molecule is CCN(CC)CCC[C@H](C)NC(=O)c1cc(N2CCC[C@H](C)C2)nc2ccccc12. The molecule has 1 aromatic carbocycles. The molecule has 1 aromatic heterocycles. The van der Waals surface area contributed by atoms with Crippen molar-refractivity contribution in [2.45, 2.75) is 59.4 Å². The Balaban J connectivity index is 1.74. The highest BCUT2D eigenvalue weighted by atomic mass is 16.1. The minimum absolute atomic E-state index is 0.00949. The number of anilines is 1. The summed E-state index contributed by atoms with van der Waals surface area (Å²) >= 11 is 0. The zero-order valence-corrected chi connectivity index (χ0v) is 19.2. The molecule has 5 heteroatoms. The Labute approximate surface area is 181 Å². The summed E-state index contributed by atoms with van der Waals surface area (Å²) in [5, 5.41) is 4.16. The molecule has 0 radical (unpaired) electrons. The quantitative estimate of drug-likeness (QED) is 0.650. The standard InChI is InChI=1S/C25H38N4O/c1-5-28(6-2)15-10-12-20(4)26-25(30)22-17-24(29-16-9-11-19(3)18-29)27-23-14-8-7-13-21(22)23/h7-8,13-14,17,19-20H,5-6,9-12,15-16,18H2,1-4H3,(H,26,30)/t19-,20-/m0/s1. The third-order valence-electron chi connectivity index (χ3n) is 6.31. The average molecular weight is 411 g/mol. The monoisotopic (exact) mass is 410 g/mol. The van der Waals surface area contributed by atoms with Crippen molar-refractivity contribution in [2.75, 3.05) is 37.6 Å². The summed E-state index contributed by atoms with van der Waals surface area (Å²) in [4.78, 5) is 22.9. The Morgan fingerprint density at radius 1 is 1.30 bits per heavy atom. The molecule has 0 saturated carbocycles. The molecular formula is C25H38N4O. The number of piperidine rings is 1. The van der Waals surface area contributed by atoms with Crippen molar-refractivity contribution in [3.63, 3.8) is 0 Å². The largest absolute Gasteiger partial charge is 0.356 e. The molecule has 1 saturated heterocycles.